The molecule has 0 heterocycles. The second-order valence-corrected chi connectivity index (χ2v) is 6.12. The van der Waals surface area contributed by atoms with Crippen LogP contribution < -0.4 is 5.32 Å². The van der Waals surface area contributed by atoms with Gasteiger partial charge in [-0.05, 0) is 24.9 Å². The number of amides is 1. The highest BCUT2D eigenvalue weighted by atomic mass is 16.5. The Bertz CT molecular complexity index is 535. The summed E-state index contributed by atoms with van der Waals surface area (Å²) in [5.41, 5.74) is 0.939. The fourth-order valence-electron chi connectivity index (χ4n) is 3.27. The van der Waals surface area contributed by atoms with Gasteiger partial charge in [-0.3, -0.25) is 9.69 Å². The standard InChI is InChI=1S/C18H26N2O4/c1-2-20(12-17(21)22)16-11-7-6-10-15(16)19-18(23)24-13-14-8-4-3-5-9-14/h3-5,8-9,15-16H,2,6-7,10-13H2,1H3,(H,19,23)(H,21,22)/t15-,16+/m1/s1. The number of nitrogens with one attached hydrogen (secondary N) is 1. The van der Waals surface area contributed by atoms with E-state index >= 15 is 0 Å². The van der Waals surface area contributed by atoms with Crippen molar-refractivity contribution in [1.29, 1.82) is 0 Å². The van der Waals surface area contributed by atoms with Crippen LogP contribution in [0.4, 0.5) is 4.79 Å². The summed E-state index contributed by atoms with van der Waals surface area (Å²) in [6.07, 6.45) is 3.39. The highest BCUT2D eigenvalue weighted by Crippen LogP contribution is 2.23. The summed E-state index contributed by atoms with van der Waals surface area (Å²) in [5.74, 6) is -0.840. The van der Waals surface area contributed by atoms with E-state index in [2.05, 4.69) is 5.32 Å². The number of hydrogen-bond acceptors (Lipinski definition) is 4. The average Bonchev–Trinajstić information content (AvgIpc) is 2.59. The molecule has 1 aromatic carbocycles. The van der Waals surface area contributed by atoms with Crippen LogP contribution in [0.2, 0.25) is 0 Å². The van der Waals surface area contributed by atoms with Crippen molar-refractivity contribution < 1.29 is 19.4 Å². The number of hydrogen-bond donors (Lipinski definition) is 2. The van der Waals surface area contributed by atoms with Crippen LogP contribution in [0, 0.1) is 0 Å². The Kier molecular flexibility index (Phi) is 7.06. The van der Waals surface area contributed by atoms with Gasteiger partial charge in [-0.1, -0.05) is 50.1 Å². The van der Waals surface area contributed by atoms with Gasteiger partial charge in [0.1, 0.15) is 6.61 Å². The quantitative estimate of drug-likeness (QED) is 0.801. The first-order chi connectivity index (χ1) is 11.6. The summed E-state index contributed by atoms with van der Waals surface area (Å²) in [6.45, 7) is 2.83. The topological polar surface area (TPSA) is 78.9 Å². The summed E-state index contributed by atoms with van der Waals surface area (Å²) in [7, 11) is 0. The summed E-state index contributed by atoms with van der Waals surface area (Å²) < 4.78 is 5.29. The Hall–Kier alpha value is -2.08. The van der Waals surface area contributed by atoms with Gasteiger partial charge in [0.15, 0.2) is 0 Å². The summed E-state index contributed by atoms with van der Waals surface area (Å²) in [5, 5.41) is 12.0. The molecule has 132 valence electrons. The predicted octanol–water partition coefficient (Wildman–Crippen LogP) is 2.63. The fourth-order valence-corrected chi connectivity index (χ4v) is 3.27. The molecule has 2 rings (SSSR count). The van der Waals surface area contributed by atoms with Crippen molar-refractivity contribution in [3.05, 3.63) is 35.9 Å². The lowest BCUT2D eigenvalue weighted by molar-refractivity contribution is -0.139. The zero-order chi connectivity index (χ0) is 17.4. The molecule has 0 radical (unpaired) electrons. The lowest BCUT2D eigenvalue weighted by atomic mass is 9.89. The number of ether oxygens (including phenoxy) is 1. The monoisotopic (exact) mass is 334 g/mol. The molecule has 0 bridgehead atoms. The van der Waals surface area contributed by atoms with Gasteiger partial charge in [-0.15, -0.1) is 0 Å². The SMILES string of the molecule is CCN(CC(=O)O)[C@H]1CCCC[C@H]1NC(=O)OCc1ccccc1. The Morgan fingerprint density at radius 3 is 2.62 bits per heavy atom. The first kappa shape index (κ1) is 18.3. The first-order valence-electron chi connectivity index (χ1n) is 8.53. The number of carbonyl (C=O) groups is 2. The van der Waals surface area contributed by atoms with Crippen molar-refractivity contribution in [3.63, 3.8) is 0 Å². The van der Waals surface area contributed by atoms with Crippen LogP contribution in [0.15, 0.2) is 30.3 Å². The molecular formula is C18H26N2O4. The van der Waals surface area contributed by atoms with Crippen molar-refractivity contribution in [2.45, 2.75) is 51.3 Å². The molecule has 2 N–H and O–H groups in total. The van der Waals surface area contributed by atoms with Gasteiger partial charge in [0.25, 0.3) is 0 Å². The van der Waals surface area contributed by atoms with Crippen LogP contribution >= 0.6 is 0 Å². The van der Waals surface area contributed by atoms with Crippen LogP contribution in [-0.2, 0) is 16.1 Å². The van der Waals surface area contributed by atoms with Crippen molar-refractivity contribution in [2.75, 3.05) is 13.1 Å². The van der Waals surface area contributed by atoms with Crippen LogP contribution in [-0.4, -0.2) is 47.2 Å². The minimum Gasteiger partial charge on any atom is -0.480 e. The van der Waals surface area contributed by atoms with Gasteiger partial charge in [-0.25, -0.2) is 4.79 Å². The lowest BCUT2D eigenvalue weighted by Gasteiger charge is -2.38. The molecule has 1 fully saturated rings. The van der Waals surface area contributed by atoms with E-state index in [-0.39, 0.29) is 25.2 Å². The molecule has 2 atom stereocenters. The highest BCUT2D eigenvalue weighted by molar-refractivity contribution is 5.69. The maximum absolute atomic E-state index is 12.1. The first-order valence-corrected chi connectivity index (χ1v) is 8.53. The van der Waals surface area contributed by atoms with E-state index in [4.69, 9.17) is 9.84 Å². The molecule has 0 spiro atoms. The smallest absolute Gasteiger partial charge is 0.407 e. The van der Waals surface area contributed by atoms with Crippen LogP contribution in [0.5, 0.6) is 0 Å². The van der Waals surface area contributed by atoms with Gasteiger partial charge in [0.2, 0.25) is 0 Å². The molecular weight excluding hydrogens is 308 g/mol. The van der Waals surface area contributed by atoms with Crippen LogP contribution in [0.25, 0.3) is 0 Å². The molecule has 1 aliphatic carbocycles. The van der Waals surface area contributed by atoms with Gasteiger partial charge in [0, 0.05) is 12.1 Å². The normalized spacial score (nSPS) is 20.6. The van der Waals surface area contributed by atoms with E-state index < -0.39 is 12.1 Å². The third kappa shape index (κ3) is 5.53. The number of carboxylic acids is 1. The van der Waals surface area contributed by atoms with Crippen molar-refractivity contribution in [2.24, 2.45) is 0 Å². The van der Waals surface area contributed by atoms with E-state index in [9.17, 15) is 9.59 Å². The Balaban J connectivity index is 1.89. The van der Waals surface area contributed by atoms with E-state index in [1.165, 1.54) is 0 Å². The largest absolute Gasteiger partial charge is 0.480 e. The van der Waals surface area contributed by atoms with Crippen molar-refractivity contribution in [1.82, 2.24) is 10.2 Å². The molecule has 1 amide bonds. The van der Waals surface area contributed by atoms with Gasteiger partial charge in [0.05, 0.1) is 6.54 Å². The molecule has 24 heavy (non-hydrogen) atoms. The van der Waals surface area contributed by atoms with Crippen molar-refractivity contribution in [3.8, 4) is 0 Å². The zero-order valence-electron chi connectivity index (χ0n) is 14.1. The number of carboxylic acid groups (broad SMARTS) is 1. The summed E-state index contributed by atoms with van der Waals surface area (Å²) >= 11 is 0. The van der Waals surface area contributed by atoms with E-state index in [0.29, 0.717) is 6.54 Å². The zero-order valence-corrected chi connectivity index (χ0v) is 14.1. The lowest BCUT2D eigenvalue weighted by Crippen LogP contribution is -2.54. The molecule has 1 saturated carbocycles. The fraction of sp³-hybridized carbons (Fsp3) is 0.556. The molecule has 0 aromatic heterocycles. The average molecular weight is 334 g/mol. The van der Waals surface area contributed by atoms with Gasteiger partial charge < -0.3 is 15.2 Å². The third-order valence-electron chi connectivity index (χ3n) is 4.46. The number of nitrogens with zero attached hydrogens (tertiary/aromatic N) is 1. The van der Waals surface area contributed by atoms with Crippen LogP contribution in [0.3, 0.4) is 0 Å². The minimum atomic E-state index is -0.840. The van der Waals surface area contributed by atoms with Gasteiger partial charge in [-0.2, -0.15) is 0 Å². The second-order valence-electron chi connectivity index (χ2n) is 6.12. The number of carbonyl (C=O) groups excluding carboxylic acids is 1. The minimum absolute atomic E-state index is 0.00158. The molecule has 1 aliphatic rings. The summed E-state index contributed by atoms with van der Waals surface area (Å²) in [6, 6.07) is 9.51. The van der Waals surface area contributed by atoms with Crippen molar-refractivity contribution >= 4 is 12.1 Å². The number of rotatable bonds is 7. The van der Waals surface area contributed by atoms with E-state index in [1.807, 2.05) is 42.2 Å². The molecule has 1 aromatic rings. The molecule has 0 unspecified atom stereocenters. The Morgan fingerprint density at radius 1 is 1.25 bits per heavy atom. The molecule has 0 saturated heterocycles. The molecule has 6 heteroatoms. The maximum Gasteiger partial charge on any atom is 0.407 e. The van der Waals surface area contributed by atoms with E-state index in [1.54, 1.807) is 0 Å². The second kappa shape index (κ2) is 9.27. The van der Waals surface area contributed by atoms with Crippen LogP contribution in [0.1, 0.15) is 38.2 Å². The van der Waals surface area contributed by atoms with E-state index in [0.717, 1.165) is 31.2 Å². The molecule has 0 aliphatic heterocycles. The molecule has 6 nitrogen and oxygen atoms in total. The number of aliphatic carboxylic acids is 1. The maximum atomic E-state index is 12.1. The summed E-state index contributed by atoms with van der Waals surface area (Å²) in [4.78, 5) is 25.1. The Morgan fingerprint density at radius 2 is 1.96 bits per heavy atom. The predicted molar refractivity (Wildman–Crippen MR) is 90.7 cm³/mol. The Labute approximate surface area is 142 Å². The highest BCUT2D eigenvalue weighted by Gasteiger charge is 2.31. The number of alkyl carbamates (subject to hydrolysis) is 1. The van der Waals surface area contributed by atoms with Gasteiger partial charge >= 0.3 is 12.1 Å². The number of likely N-dealkylation sites (N-methyl/N-ethyl adjacent to an activating group) is 1. The third-order valence-corrected chi connectivity index (χ3v) is 4.46. The number of benzene rings is 1.